The minimum Gasteiger partial charge on any atom is -0.497 e. The maximum atomic E-state index is 15.3. The Bertz CT molecular complexity index is 1070. The molecule has 182 valence electrons. The Labute approximate surface area is 199 Å². The van der Waals surface area contributed by atoms with Crippen LogP contribution in [0.25, 0.3) is 10.9 Å². The molecule has 1 aliphatic rings. The molecule has 0 aliphatic carbocycles. The molecule has 1 aliphatic heterocycles. The van der Waals surface area contributed by atoms with E-state index in [1.807, 2.05) is 30.3 Å². The van der Waals surface area contributed by atoms with Crippen molar-refractivity contribution in [3.63, 3.8) is 0 Å². The number of piperidine rings is 1. The fourth-order valence-electron chi connectivity index (χ4n) is 5.05. The number of nitrogens with zero attached hydrogens (tertiary/aromatic N) is 2. The second-order valence-electron chi connectivity index (χ2n) is 9.16. The van der Waals surface area contributed by atoms with Crippen LogP contribution >= 0.6 is 0 Å². The summed E-state index contributed by atoms with van der Waals surface area (Å²) in [6, 6.07) is 11.0. The molecule has 7 heteroatoms. The number of hydrogen-bond acceptors (Lipinski definition) is 5. The Hall–Kier alpha value is -2.93. The van der Waals surface area contributed by atoms with E-state index in [1.165, 1.54) is 0 Å². The number of fused-ring (bicyclic) bond motifs is 1. The summed E-state index contributed by atoms with van der Waals surface area (Å²) in [6.07, 6.45) is 6.70. The van der Waals surface area contributed by atoms with Crippen molar-refractivity contribution in [1.82, 2.24) is 9.88 Å². The number of ether oxygens (including phenoxy) is 1. The van der Waals surface area contributed by atoms with Crippen molar-refractivity contribution in [3.05, 3.63) is 60.2 Å². The van der Waals surface area contributed by atoms with Crippen LogP contribution in [0, 0.1) is 11.8 Å². The van der Waals surface area contributed by atoms with Crippen LogP contribution in [0.3, 0.4) is 0 Å². The monoisotopic (exact) mass is 468 g/mol. The van der Waals surface area contributed by atoms with E-state index in [-0.39, 0.29) is 5.92 Å². The topological polar surface area (TPSA) is 75.8 Å². The van der Waals surface area contributed by atoms with Crippen LogP contribution in [0.1, 0.15) is 49.6 Å². The number of carbonyl (C=O) groups is 1. The number of unbranched alkanes of at least 4 members (excludes halogenated alkanes) is 1. The maximum Gasteiger partial charge on any atom is 0.308 e. The highest BCUT2D eigenvalue weighted by Gasteiger charge is 2.34. The van der Waals surface area contributed by atoms with Gasteiger partial charge in [-0.3, -0.25) is 9.78 Å². The third-order valence-electron chi connectivity index (χ3n) is 7.00. The molecule has 1 aromatic carbocycles. The molecule has 34 heavy (non-hydrogen) atoms. The second-order valence-corrected chi connectivity index (χ2v) is 9.16. The van der Waals surface area contributed by atoms with Gasteiger partial charge in [0.15, 0.2) is 0 Å². The number of rotatable bonds is 11. The normalized spacial score (nSPS) is 19.8. The molecule has 3 aromatic rings. The van der Waals surface area contributed by atoms with E-state index in [0.717, 1.165) is 55.4 Å². The standard InChI is InChI=1S/C27H33FN2O4/c1-33-21-8-10-26-23(17-21)22(11-13-29-26)25(28)9-7-19-12-15-30(18-24(19)27(31)32)14-3-2-5-20-6-4-16-34-20/h4,6,8,10-11,13,16-17,19,24-25H,2-3,5,7,9,12,14-15,18H2,1H3,(H,31,32)/t19-,24+,25-/m1/s1. The maximum absolute atomic E-state index is 15.3. The second kappa shape index (κ2) is 11.5. The van der Waals surface area contributed by atoms with Crippen LogP contribution in [0.4, 0.5) is 4.39 Å². The van der Waals surface area contributed by atoms with Crippen molar-refractivity contribution in [2.45, 2.75) is 44.7 Å². The first-order valence-electron chi connectivity index (χ1n) is 12.1. The van der Waals surface area contributed by atoms with Crippen molar-refractivity contribution in [2.75, 3.05) is 26.7 Å². The zero-order valence-electron chi connectivity index (χ0n) is 19.7. The number of carboxylic acid groups (broad SMARTS) is 1. The van der Waals surface area contributed by atoms with Crippen molar-refractivity contribution < 1.29 is 23.4 Å². The number of benzene rings is 1. The lowest BCUT2D eigenvalue weighted by molar-refractivity contribution is -0.146. The number of halogens is 1. The average Bonchev–Trinajstić information content (AvgIpc) is 3.38. The summed E-state index contributed by atoms with van der Waals surface area (Å²) in [5.41, 5.74) is 1.31. The highest BCUT2D eigenvalue weighted by Crippen LogP contribution is 2.35. The predicted octanol–water partition coefficient (Wildman–Crippen LogP) is 5.67. The third-order valence-corrected chi connectivity index (χ3v) is 7.00. The summed E-state index contributed by atoms with van der Waals surface area (Å²) in [5.74, 6) is 0.401. The lowest BCUT2D eigenvalue weighted by Crippen LogP contribution is -2.44. The van der Waals surface area contributed by atoms with Crippen LogP contribution in [0.2, 0.25) is 0 Å². The van der Waals surface area contributed by atoms with Gasteiger partial charge in [0.25, 0.3) is 0 Å². The molecule has 1 saturated heterocycles. The summed E-state index contributed by atoms with van der Waals surface area (Å²) in [6.45, 7) is 2.28. The molecule has 6 nitrogen and oxygen atoms in total. The van der Waals surface area contributed by atoms with Gasteiger partial charge < -0.3 is 19.2 Å². The fraction of sp³-hybridized carbons (Fsp3) is 0.481. The summed E-state index contributed by atoms with van der Waals surface area (Å²) in [7, 11) is 1.58. The largest absolute Gasteiger partial charge is 0.497 e. The number of aliphatic carboxylic acids is 1. The Morgan fingerprint density at radius 3 is 2.97 bits per heavy atom. The zero-order chi connectivity index (χ0) is 23.9. The van der Waals surface area contributed by atoms with Gasteiger partial charge in [0, 0.05) is 24.5 Å². The Morgan fingerprint density at radius 2 is 2.21 bits per heavy atom. The zero-order valence-corrected chi connectivity index (χ0v) is 19.7. The molecule has 1 fully saturated rings. The van der Waals surface area contributed by atoms with E-state index >= 15 is 4.39 Å². The number of hydrogen-bond donors (Lipinski definition) is 1. The summed E-state index contributed by atoms with van der Waals surface area (Å²) in [4.78, 5) is 18.6. The van der Waals surface area contributed by atoms with Crippen LogP contribution in [-0.4, -0.2) is 47.7 Å². The summed E-state index contributed by atoms with van der Waals surface area (Å²) in [5, 5.41) is 10.6. The van der Waals surface area contributed by atoms with Crippen molar-refractivity contribution in [1.29, 1.82) is 0 Å². The number of aromatic nitrogens is 1. The molecule has 0 unspecified atom stereocenters. The quantitative estimate of drug-likeness (QED) is 0.365. The molecule has 0 spiro atoms. The smallest absolute Gasteiger partial charge is 0.308 e. The number of furan rings is 1. The van der Waals surface area contributed by atoms with E-state index in [2.05, 4.69) is 9.88 Å². The molecular formula is C27H33FN2O4. The number of methoxy groups -OCH3 is 1. The Kier molecular flexibility index (Phi) is 8.16. The molecule has 3 atom stereocenters. The lowest BCUT2D eigenvalue weighted by Gasteiger charge is -2.36. The minimum atomic E-state index is -1.17. The first kappa shape index (κ1) is 24.2. The minimum absolute atomic E-state index is 0.0160. The molecule has 0 radical (unpaired) electrons. The van der Waals surface area contributed by atoms with Crippen LogP contribution in [-0.2, 0) is 11.2 Å². The highest BCUT2D eigenvalue weighted by molar-refractivity contribution is 5.83. The lowest BCUT2D eigenvalue weighted by atomic mass is 9.81. The first-order chi connectivity index (χ1) is 16.5. The van der Waals surface area contributed by atoms with E-state index in [9.17, 15) is 9.90 Å². The summed E-state index contributed by atoms with van der Waals surface area (Å²) >= 11 is 0. The molecule has 0 amide bonds. The molecule has 0 bridgehead atoms. The Balaban J connectivity index is 1.31. The molecule has 1 N–H and O–H groups in total. The van der Waals surface area contributed by atoms with E-state index in [4.69, 9.17) is 9.15 Å². The van der Waals surface area contributed by atoms with Gasteiger partial charge in [0.2, 0.25) is 0 Å². The fourth-order valence-corrected chi connectivity index (χ4v) is 5.05. The average molecular weight is 469 g/mol. The molecule has 4 rings (SSSR count). The van der Waals surface area contributed by atoms with E-state index < -0.39 is 18.1 Å². The van der Waals surface area contributed by atoms with Gasteiger partial charge in [-0.05, 0) is 93.1 Å². The van der Waals surface area contributed by atoms with Crippen molar-refractivity contribution in [3.8, 4) is 5.75 Å². The van der Waals surface area contributed by atoms with Gasteiger partial charge in [0.1, 0.15) is 17.7 Å². The number of alkyl halides is 1. The number of carboxylic acids is 1. The van der Waals surface area contributed by atoms with Gasteiger partial charge in [-0.25, -0.2) is 4.39 Å². The van der Waals surface area contributed by atoms with Crippen LogP contribution < -0.4 is 4.74 Å². The highest BCUT2D eigenvalue weighted by atomic mass is 19.1. The Morgan fingerprint density at radius 1 is 1.32 bits per heavy atom. The first-order valence-corrected chi connectivity index (χ1v) is 12.1. The van der Waals surface area contributed by atoms with Gasteiger partial charge in [-0.2, -0.15) is 0 Å². The van der Waals surface area contributed by atoms with Gasteiger partial charge in [0.05, 0.1) is 24.8 Å². The van der Waals surface area contributed by atoms with Crippen LogP contribution in [0.5, 0.6) is 5.75 Å². The number of aryl methyl sites for hydroxylation is 1. The van der Waals surface area contributed by atoms with Crippen LogP contribution in [0.15, 0.2) is 53.3 Å². The SMILES string of the molecule is COc1ccc2nccc([C@H](F)CC[C@@H]3CCN(CCCCc4ccco4)C[C@@H]3C(=O)O)c2c1. The number of likely N-dealkylation sites (tertiary alicyclic amines) is 1. The molecule has 3 heterocycles. The van der Waals surface area contributed by atoms with Gasteiger partial charge in [-0.1, -0.05) is 0 Å². The van der Waals surface area contributed by atoms with E-state index in [0.29, 0.717) is 30.7 Å². The molecular weight excluding hydrogens is 435 g/mol. The molecule has 2 aromatic heterocycles. The summed E-state index contributed by atoms with van der Waals surface area (Å²) < 4.78 is 26.0. The van der Waals surface area contributed by atoms with Gasteiger partial charge >= 0.3 is 5.97 Å². The van der Waals surface area contributed by atoms with E-state index in [1.54, 1.807) is 25.6 Å². The van der Waals surface area contributed by atoms with Crippen molar-refractivity contribution >= 4 is 16.9 Å². The molecule has 0 saturated carbocycles. The predicted molar refractivity (Wildman–Crippen MR) is 129 cm³/mol. The third kappa shape index (κ3) is 5.95. The van der Waals surface area contributed by atoms with Crippen molar-refractivity contribution in [2.24, 2.45) is 11.8 Å². The van der Waals surface area contributed by atoms with Gasteiger partial charge in [-0.15, -0.1) is 0 Å². The number of pyridine rings is 1.